The zero-order chi connectivity index (χ0) is 15.2. The Morgan fingerprint density at radius 1 is 1.14 bits per heavy atom. The first-order valence-corrected chi connectivity index (χ1v) is 7.52. The zero-order valence-electron chi connectivity index (χ0n) is 11.9. The van der Waals surface area contributed by atoms with E-state index in [-0.39, 0.29) is 18.0 Å². The minimum absolute atomic E-state index is 0.0136. The quantitative estimate of drug-likeness (QED) is 0.789. The molecule has 0 amide bonds. The van der Waals surface area contributed by atoms with Crippen LogP contribution < -0.4 is 0 Å². The zero-order valence-corrected chi connectivity index (χ0v) is 13.4. The maximum absolute atomic E-state index is 13.5. The van der Waals surface area contributed by atoms with Crippen molar-refractivity contribution in [2.75, 3.05) is 13.6 Å². The monoisotopic (exact) mass is 349 g/mol. The van der Waals surface area contributed by atoms with Crippen LogP contribution in [-0.2, 0) is 17.8 Å². The van der Waals surface area contributed by atoms with Gasteiger partial charge >= 0.3 is 0 Å². The van der Waals surface area contributed by atoms with Gasteiger partial charge in [-0.2, -0.15) is 0 Å². The summed E-state index contributed by atoms with van der Waals surface area (Å²) in [4.78, 5) is 13.9. The molecule has 0 saturated heterocycles. The number of nitrogens with zero attached hydrogens (tertiary/aromatic N) is 1. The molecule has 0 radical (unpaired) electrons. The lowest BCUT2D eigenvalue weighted by Gasteiger charge is -2.16. The molecule has 0 bridgehead atoms. The summed E-state index contributed by atoms with van der Waals surface area (Å²) < 4.78 is 14.5. The molecule has 0 atom stereocenters. The van der Waals surface area contributed by atoms with Crippen LogP contribution in [-0.4, -0.2) is 24.3 Å². The summed E-state index contributed by atoms with van der Waals surface area (Å²) in [6, 6.07) is 14.4. The van der Waals surface area contributed by atoms with E-state index in [1.54, 1.807) is 18.2 Å². The van der Waals surface area contributed by atoms with E-state index in [9.17, 15) is 9.18 Å². The van der Waals surface area contributed by atoms with Gasteiger partial charge in [-0.3, -0.25) is 9.69 Å². The van der Waals surface area contributed by atoms with Gasteiger partial charge in [0.2, 0.25) is 0 Å². The number of Topliss-reactive ketones (excluding diaryl/α,β-unsaturated/α-hetero) is 1. The van der Waals surface area contributed by atoms with Crippen molar-refractivity contribution in [1.29, 1.82) is 0 Å². The molecule has 0 aliphatic carbocycles. The summed E-state index contributed by atoms with van der Waals surface area (Å²) in [5.41, 5.74) is 1.60. The Labute approximate surface area is 132 Å². The molecule has 2 nitrogen and oxygen atoms in total. The number of hydrogen-bond acceptors (Lipinski definition) is 2. The van der Waals surface area contributed by atoms with Crippen LogP contribution >= 0.6 is 15.9 Å². The van der Waals surface area contributed by atoms with Crippen molar-refractivity contribution in [2.45, 2.75) is 13.0 Å². The third kappa shape index (κ3) is 5.06. The summed E-state index contributed by atoms with van der Waals surface area (Å²) in [6.45, 7) is 1.00. The number of ketones is 1. The van der Waals surface area contributed by atoms with Crippen LogP contribution in [0.2, 0.25) is 0 Å². The fourth-order valence-corrected chi connectivity index (χ4v) is 2.43. The van der Waals surface area contributed by atoms with Crippen molar-refractivity contribution in [3.8, 4) is 0 Å². The van der Waals surface area contributed by atoms with E-state index < -0.39 is 0 Å². The molecule has 2 aromatic carbocycles. The molecule has 0 N–H and O–H groups in total. The van der Waals surface area contributed by atoms with E-state index in [1.165, 1.54) is 6.07 Å². The molecule has 0 aromatic heterocycles. The number of carbonyl (C=O) groups is 1. The van der Waals surface area contributed by atoms with Crippen LogP contribution in [0.4, 0.5) is 4.39 Å². The van der Waals surface area contributed by atoms with Crippen LogP contribution in [0, 0.1) is 5.82 Å². The number of carbonyl (C=O) groups excluding carboxylic acids is 1. The van der Waals surface area contributed by atoms with Gasteiger partial charge in [-0.05, 0) is 36.4 Å². The molecule has 0 fully saturated rings. The Morgan fingerprint density at radius 3 is 2.48 bits per heavy atom. The largest absolute Gasteiger partial charge is 0.298 e. The van der Waals surface area contributed by atoms with E-state index in [0.717, 1.165) is 10.0 Å². The molecule has 0 spiro atoms. The molecule has 0 saturated carbocycles. The Morgan fingerprint density at radius 2 is 1.81 bits per heavy atom. The summed E-state index contributed by atoms with van der Waals surface area (Å²) >= 11 is 3.39. The maximum atomic E-state index is 13.5. The second-order valence-corrected chi connectivity index (χ2v) is 6.02. The molecule has 4 heteroatoms. The van der Waals surface area contributed by atoms with E-state index in [0.29, 0.717) is 18.7 Å². The third-order valence-electron chi connectivity index (χ3n) is 3.16. The van der Waals surface area contributed by atoms with Crippen LogP contribution in [0.3, 0.4) is 0 Å². The summed E-state index contributed by atoms with van der Waals surface area (Å²) in [5.74, 6) is -0.305. The Hall–Kier alpha value is -1.52. The third-order valence-corrected chi connectivity index (χ3v) is 3.69. The number of likely N-dealkylation sites (N-methyl/N-ethyl adjacent to an activating group) is 1. The molecule has 21 heavy (non-hydrogen) atoms. The molecular weight excluding hydrogens is 333 g/mol. The van der Waals surface area contributed by atoms with Crippen molar-refractivity contribution in [1.82, 2.24) is 4.90 Å². The number of hydrogen-bond donors (Lipinski definition) is 0. The topological polar surface area (TPSA) is 20.3 Å². The standard InChI is InChI=1S/C17H17BrFNO/c1-20(11-13-6-8-15(18)9-7-13)12-16(21)10-14-4-2-3-5-17(14)19/h2-9H,10-12H2,1H3. The highest BCUT2D eigenvalue weighted by Crippen LogP contribution is 2.12. The molecule has 2 rings (SSSR count). The highest BCUT2D eigenvalue weighted by atomic mass is 79.9. The summed E-state index contributed by atoms with van der Waals surface area (Å²) in [5, 5.41) is 0. The molecule has 0 unspecified atom stereocenters. The van der Waals surface area contributed by atoms with E-state index in [4.69, 9.17) is 0 Å². The molecule has 0 heterocycles. The van der Waals surface area contributed by atoms with Gasteiger partial charge < -0.3 is 0 Å². The average molecular weight is 350 g/mol. The molecule has 0 aliphatic heterocycles. The minimum atomic E-state index is -0.318. The SMILES string of the molecule is CN(CC(=O)Cc1ccccc1F)Cc1ccc(Br)cc1. The van der Waals surface area contributed by atoms with Gasteiger partial charge in [-0.1, -0.05) is 46.3 Å². The lowest BCUT2D eigenvalue weighted by Crippen LogP contribution is -2.26. The van der Waals surface area contributed by atoms with Gasteiger partial charge in [0.25, 0.3) is 0 Å². The first kappa shape index (κ1) is 15.9. The predicted octanol–water partition coefficient (Wildman–Crippen LogP) is 3.83. The molecule has 2 aromatic rings. The van der Waals surface area contributed by atoms with Gasteiger partial charge in [-0.15, -0.1) is 0 Å². The van der Waals surface area contributed by atoms with Gasteiger partial charge in [0.15, 0.2) is 5.78 Å². The fourth-order valence-electron chi connectivity index (χ4n) is 2.17. The van der Waals surface area contributed by atoms with Gasteiger partial charge in [0, 0.05) is 17.4 Å². The number of halogens is 2. The molecular formula is C17H17BrFNO. The highest BCUT2D eigenvalue weighted by molar-refractivity contribution is 9.10. The second kappa shape index (κ2) is 7.48. The van der Waals surface area contributed by atoms with Crippen LogP contribution in [0.1, 0.15) is 11.1 Å². The van der Waals surface area contributed by atoms with Crippen molar-refractivity contribution in [3.63, 3.8) is 0 Å². The Bertz CT molecular complexity index is 612. The Balaban J connectivity index is 1.87. The molecule has 110 valence electrons. The predicted molar refractivity (Wildman–Crippen MR) is 85.6 cm³/mol. The number of rotatable bonds is 6. The minimum Gasteiger partial charge on any atom is -0.298 e. The van der Waals surface area contributed by atoms with Crippen molar-refractivity contribution < 1.29 is 9.18 Å². The number of benzene rings is 2. The van der Waals surface area contributed by atoms with Gasteiger partial charge in [-0.25, -0.2) is 4.39 Å². The molecule has 0 aliphatic rings. The van der Waals surface area contributed by atoms with Crippen LogP contribution in [0.25, 0.3) is 0 Å². The smallest absolute Gasteiger partial charge is 0.151 e. The first-order chi connectivity index (χ1) is 10.0. The normalized spacial score (nSPS) is 10.9. The van der Waals surface area contributed by atoms with Crippen molar-refractivity contribution in [3.05, 3.63) is 69.9 Å². The average Bonchev–Trinajstić information content (AvgIpc) is 2.44. The van der Waals surface area contributed by atoms with E-state index in [1.807, 2.05) is 36.2 Å². The van der Waals surface area contributed by atoms with Crippen LogP contribution in [0.5, 0.6) is 0 Å². The van der Waals surface area contributed by atoms with Crippen molar-refractivity contribution >= 4 is 21.7 Å². The summed E-state index contributed by atoms with van der Waals surface area (Å²) in [7, 11) is 1.89. The van der Waals surface area contributed by atoms with E-state index >= 15 is 0 Å². The second-order valence-electron chi connectivity index (χ2n) is 5.11. The van der Waals surface area contributed by atoms with Gasteiger partial charge in [0.05, 0.1) is 6.54 Å². The Kier molecular flexibility index (Phi) is 5.65. The van der Waals surface area contributed by atoms with Crippen molar-refractivity contribution in [2.24, 2.45) is 0 Å². The maximum Gasteiger partial charge on any atom is 0.151 e. The fraction of sp³-hybridized carbons (Fsp3) is 0.235. The van der Waals surface area contributed by atoms with Gasteiger partial charge in [0.1, 0.15) is 5.82 Å². The first-order valence-electron chi connectivity index (χ1n) is 6.72. The van der Waals surface area contributed by atoms with E-state index in [2.05, 4.69) is 15.9 Å². The lowest BCUT2D eigenvalue weighted by molar-refractivity contribution is -0.119. The van der Waals surface area contributed by atoms with Crippen LogP contribution in [0.15, 0.2) is 53.0 Å². The summed E-state index contributed by atoms with van der Waals surface area (Å²) in [6.07, 6.45) is 0.136. The lowest BCUT2D eigenvalue weighted by atomic mass is 10.1. The highest BCUT2D eigenvalue weighted by Gasteiger charge is 2.10.